The largest absolute Gasteiger partial charge is 0.396 e. The van der Waals surface area contributed by atoms with Gasteiger partial charge in [0.15, 0.2) is 0 Å². The number of carbonyl (C=O) groups excluding carboxylic acids is 2. The number of nitrogens with zero attached hydrogens (tertiary/aromatic N) is 1. The van der Waals surface area contributed by atoms with Gasteiger partial charge in [0.2, 0.25) is 5.91 Å². The molecule has 3 rings (SSSR count). The van der Waals surface area contributed by atoms with Gasteiger partial charge in [-0.3, -0.25) is 9.59 Å². The van der Waals surface area contributed by atoms with Crippen LogP contribution in [0.5, 0.6) is 0 Å². The highest BCUT2D eigenvalue weighted by Gasteiger charge is 2.25. The van der Waals surface area contributed by atoms with Gasteiger partial charge in [-0.25, -0.2) is 0 Å². The van der Waals surface area contributed by atoms with Crippen molar-refractivity contribution in [3.05, 3.63) is 59.2 Å². The zero-order valence-electron chi connectivity index (χ0n) is 15.1. The maximum absolute atomic E-state index is 12.7. The third kappa shape index (κ3) is 4.41. The minimum atomic E-state index is -0.272. The Labute approximate surface area is 154 Å². The summed E-state index contributed by atoms with van der Waals surface area (Å²) in [6.45, 7) is 3.55. The second-order valence-corrected chi connectivity index (χ2v) is 7.11. The number of piperidine rings is 1. The van der Waals surface area contributed by atoms with Gasteiger partial charge in [-0.1, -0.05) is 29.8 Å². The van der Waals surface area contributed by atoms with Crippen LogP contribution in [0.25, 0.3) is 0 Å². The maximum Gasteiger partial charge on any atom is 0.251 e. The molecule has 1 aliphatic carbocycles. The van der Waals surface area contributed by atoms with Crippen molar-refractivity contribution in [1.29, 1.82) is 0 Å². The van der Waals surface area contributed by atoms with Crippen molar-refractivity contribution >= 4 is 11.8 Å². The van der Waals surface area contributed by atoms with E-state index in [4.69, 9.17) is 0 Å². The first-order valence-electron chi connectivity index (χ1n) is 9.22. The molecule has 5 nitrogen and oxygen atoms in total. The molecule has 0 aromatic heterocycles. The lowest BCUT2D eigenvalue weighted by Crippen LogP contribution is -2.41. The first-order chi connectivity index (χ1) is 12.6. The number of amides is 2. The van der Waals surface area contributed by atoms with Crippen LogP contribution < -0.4 is 5.32 Å². The number of hydrogen-bond donors (Lipinski definition) is 2. The van der Waals surface area contributed by atoms with Gasteiger partial charge in [0, 0.05) is 30.8 Å². The summed E-state index contributed by atoms with van der Waals surface area (Å²) < 4.78 is 0. The van der Waals surface area contributed by atoms with E-state index < -0.39 is 0 Å². The van der Waals surface area contributed by atoms with Crippen molar-refractivity contribution in [2.45, 2.75) is 32.2 Å². The highest BCUT2D eigenvalue weighted by molar-refractivity contribution is 5.96. The van der Waals surface area contributed by atoms with Gasteiger partial charge in [0.25, 0.3) is 5.91 Å². The number of likely N-dealkylation sites (tertiary alicyclic amines) is 1. The molecule has 0 saturated carbocycles. The van der Waals surface area contributed by atoms with Gasteiger partial charge in [-0.2, -0.15) is 0 Å². The van der Waals surface area contributed by atoms with Crippen molar-refractivity contribution in [3.8, 4) is 0 Å². The standard InChI is InChI=1S/C21H26N2O3/c1-15-5-7-17(8-6-15)20(25)22-19-4-2-3-18(13-19)21(26)23-11-9-16(14-24)10-12-23/h2,4-8,13,16,19,24H,3,9-12,14H2,1H3,(H,22,25). The normalized spacial score (nSPS) is 20.6. The minimum Gasteiger partial charge on any atom is -0.396 e. The molecule has 2 aliphatic rings. The zero-order chi connectivity index (χ0) is 18.5. The molecular formula is C21H26N2O3. The molecule has 2 N–H and O–H groups in total. The van der Waals surface area contributed by atoms with E-state index in [1.807, 2.05) is 42.2 Å². The van der Waals surface area contributed by atoms with Crippen LogP contribution in [0.2, 0.25) is 0 Å². The van der Waals surface area contributed by atoms with Crippen LogP contribution in [0.3, 0.4) is 0 Å². The fourth-order valence-corrected chi connectivity index (χ4v) is 3.39. The smallest absolute Gasteiger partial charge is 0.251 e. The highest BCUT2D eigenvalue weighted by atomic mass is 16.3. The molecule has 1 aliphatic heterocycles. The fourth-order valence-electron chi connectivity index (χ4n) is 3.39. The maximum atomic E-state index is 12.7. The summed E-state index contributed by atoms with van der Waals surface area (Å²) in [5.41, 5.74) is 2.45. The number of allylic oxidation sites excluding steroid dienone is 1. The molecule has 1 unspecified atom stereocenters. The van der Waals surface area contributed by atoms with Crippen molar-refractivity contribution < 1.29 is 14.7 Å². The van der Waals surface area contributed by atoms with E-state index in [1.165, 1.54) is 0 Å². The van der Waals surface area contributed by atoms with Crippen LogP contribution in [0, 0.1) is 12.8 Å². The van der Waals surface area contributed by atoms with E-state index in [-0.39, 0.29) is 24.5 Å². The van der Waals surface area contributed by atoms with E-state index in [1.54, 1.807) is 12.1 Å². The number of hydrogen-bond acceptors (Lipinski definition) is 3. The van der Waals surface area contributed by atoms with Crippen LogP contribution in [0.4, 0.5) is 0 Å². The van der Waals surface area contributed by atoms with Gasteiger partial charge >= 0.3 is 0 Å². The van der Waals surface area contributed by atoms with E-state index in [2.05, 4.69) is 5.32 Å². The summed E-state index contributed by atoms with van der Waals surface area (Å²) >= 11 is 0. The third-order valence-electron chi connectivity index (χ3n) is 5.11. The molecule has 0 spiro atoms. The number of carbonyl (C=O) groups is 2. The van der Waals surface area contributed by atoms with E-state index in [0.717, 1.165) is 24.0 Å². The number of rotatable bonds is 4. The van der Waals surface area contributed by atoms with Gasteiger partial charge in [-0.05, 0) is 50.3 Å². The van der Waals surface area contributed by atoms with Gasteiger partial charge < -0.3 is 15.3 Å². The van der Waals surface area contributed by atoms with E-state index in [9.17, 15) is 14.7 Å². The molecule has 26 heavy (non-hydrogen) atoms. The molecule has 1 atom stereocenters. The molecule has 1 aromatic rings. The predicted octanol–water partition coefficient (Wildman–Crippen LogP) is 2.21. The van der Waals surface area contributed by atoms with Crippen LogP contribution in [0.15, 0.2) is 48.1 Å². The summed E-state index contributed by atoms with van der Waals surface area (Å²) in [7, 11) is 0. The Bertz CT molecular complexity index is 713. The lowest BCUT2D eigenvalue weighted by molar-refractivity contribution is -0.128. The predicted molar refractivity (Wildman–Crippen MR) is 101 cm³/mol. The molecule has 0 radical (unpaired) electrons. The first kappa shape index (κ1) is 18.4. The highest BCUT2D eigenvalue weighted by Crippen LogP contribution is 2.21. The molecule has 2 amide bonds. The SMILES string of the molecule is Cc1ccc(C(=O)NC2C=CCC(C(=O)N3CCC(CO)CC3)=C2)cc1. The summed E-state index contributed by atoms with van der Waals surface area (Å²) in [6.07, 6.45) is 7.99. The molecule has 5 heteroatoms. The quantitative estimate of drug-likeness (QED) is 0.815. The molecule has 1 fully saturated rings. The minimum absolute atomic E-state index is 0.0420. The number of aryl methyl sites for hydroxylation is 1. The summed E-state index contributed by atoms with van der Waals surface area (Å²) in [6, 6.07) is 7.15. The van der Waals surface area contributed by atoms with Crippen LogP contribution in [-0.4, -0.2) is 47.6 Å². The Balaban J connectivity index is 1.61. The monoisotopic (exact) mass is 354 g/mol. The van der Waals surface area contributed by atoms with Gasteiger partial charge in [0.05, 0.1) is 6.04 Å². The molecular weight excluding hydrogens is 328 g/mol. The van der Waals surface area contributed by atoms with Crippen molar-refractivity contribution in [1.82, 2.24) is 10.2 Å². The van der Waals surface area contributed by atoms with Crippen LogP contribution >= 0.6 is 0 Å². The number of nitrogens with one attached hydrogen (secondary N) is 1. The average molecular weight is 354 g/mol. The number of aliphatic hydroxyl groups is 1. The Kier molecular flexibility index (Phi) is 5.89. The summed E-state index contributed by atoms with van der Waals surface area (Å²) in [5.74, 6) is 0.203. The second kappa shape index (κ2) is 8.32. The molecule has 1 aromatic carbocycles. The molecule has 1 heterocycles. The molecule has 1 saturated heterocycles. The van der Waals surface area contributed by atoms with Gasteiger partial charge in [-0.15, -0.1) is 0 Å². The molecule has 0 bridgehead atoms. The number of aliphatic hydroxyl groups excluding tert-OH is 1. The lowest BCUT2D eigenvalue weighted by atomic mass is 9.95. The summed E-state index contributed by atoms with van der Waals surface area (Å²) in [4.78, 5) is 27.0. The average Bonchev–Trinajstić information content (AvgIpc) is 2.68. The zero-order valence-corrected chi connectivity index (χ0v) is 15.1. The lowest BCUT2D eigenvalue weighted by Gasteiger charge is -2.32. The Morgan fingerprint density at radius 1 is 1.19 bits per heavy atom. The topological polar surface area (TPSA) is 69.6 Å². The summed E-state index contributed by atoms with van der Waals surface area (Å²) in [5, 5.41) is 12.2. The fraction of sp³-hybridized carbons (Fsp3) is 0.429. The van der Waals surface area contributed by atoms with Crippen molar-refractivity contribution in [2.75, 3.05) is 19.7 Å². The van der Waals surface area contributed by atoms with Crippen LogP contribution in [0.1, 0.15) is 35.2 Å². The Hall–Kier alpha value is -2.40. The van der Waals surface area contributed by atoms with Crippen molar-refractivity contribution in [3.63, 3.8) is 0 Å². The van der Waals surface area contributed by atoms with E-state index >= 15 is 0 Å². The third-order valence-corrected chi connectivity index (χ3v) is 5.11. The Morgan fingerprint density at radius 2 is 1.88 bits per heavy atom. The van der Waals surface area contributed by atoms with Crippen molar-refractivity contribution in [2.24, 2.45) is 5.92 Å². The Morgan fingerprint density at radius 3 is 2.54 bits per heavy atom. The van der Waals surface area contributed by atoms with Crippen LogP contribution in [-0.2, 0) is 4.79 Å². The molecule has 138 valence electrons. The second-order valence-electron chi connectivity index (χ2n) is 7.11. The van der Waals surface area contributed by atoms with Gasteiger partial charge in [0.1, 0.15) is 0 Å². The first-order valence-corrected chi connectivity index (χ1v) is 9.22. The van der Waals surface area contributed by atoms with E-state index in [0.29, 0.717) is 31.0 Å². The number of benzene rings is 1.